The minimum atomic E-state index is -0.354. The second-order valence-electron chi connectivity index (χ2n) is 5.05. The van der Waals surface area contributed by atoms with E-state index in [1.807, 2.05) is 23.6 Å². The molecule has 3 rings (SSSR count). The number of nitrogens with one attached hydrogen (secondary N) is 2. The molecule has 0 aliphatic rings. The molecule has 25 heavy (non-hydrogen) atoms. The summed E-state index contributed by atoms with van der Waals surface area (Å²) in [6.07, 6.45) is 1.55. The summed E-state index contributed by atoms with van der Waals surface area (Å²) in [6, 6.07) is 10.6. The van der Waals surface area contributed by atoms with Gasteiger partial charge in [-0.1, -0.05) is 29.8 Å². The lowest BCUT2D eigenvalue weighted by Gasteiger charge is -2.03. The van der Waals surface area contributed by atoms with Gasteiger partial charge in [-0.3, -0.25) is 9.59 Å². The summed E-state index contributed by atoms with van der Waals surface area (Å²) in [7, 11) is 0. The molecule has 0 atom stereocenters. The number of carbonyl (C=O) groups is 2. The number of hydrogen-bond donors (Lipinski definition) is 2. The SMILES string of the molecule is O=C(CCNC(=O)c1ccco1)Nc1nc(-c2ccccc2Cl)cs1. The largest absolute Gasteiger partial charge is 0.459 e. The van der Waals surface area contributed by atoms with E-state index in [0.29, 0.717) is 15.8 Å². The lowest BCUT2D eigenvalue weighted by molar-refractivity contribution is -0.116. The Bertz CT molecular complexity index is 877. The predicted octanol–water partition coefficient (Wildman–Crippen LogP) is 3.82. The highest BCUT2D eigenvalue weighted by molar-refractivity contribution is 7.14. The normalized spacial score (nSPS) is 10.4. The third-order valence-corrected chi connectivity index (χ3v) is 4.37. The standard InChI is InChI=1S/C17H14ClN3O3S/c18-12-5-2-1-4-11(12)13-10-25-17(20-13)21-15(22)7-8-19-16(23)14-6-3-9-24-14/h1-6,9-10H,7-8H2,(H,19,23)(H,20,21,22). The first kappa shape index (κ1) is 17.2. The number of furan rings is 1. The maximum Gasteiger partial charge on any atom is 0.286 e. The van der Waals surface area contributed by atoms with Crippen molar-refractivity contribution >= 4 is 39.9 Å². The molecule has 0 saturated carbocycles. The van der Waals surface area contributed by atoms with Gasteiger partial charge >= 0.3 is 0 Å². The Morgan fingerprint density at radius 1 is 1.20 bits per heavy atom. The van der Waals surface area contributed by atoms with Gasteiger partial charge in [0.2, 0.25) is 5.91 Å². The lowest BCUT2D eigenvalue weighted by Crippen LogP contribution is -2.27. The van der Waals surface area contributed by atoms with Crippen molar-refractivity contribution in [2.75, 3.05) is 11.9 Å². The van der Waals surface area contributed by atoms with Crippen molar-refractivity contribution in [3.05, 3.63) is 58.8 Å². The van der Waals surface area contributed by atoms with Crippen LogP contribution in [0.15, 0.2) is 52.5 Å². The smallest absolute Gasteiger partial charge is 0.286 e. The molecule has 0 fully saturated rings. The van der Waals surface area contributed by atoms with Crippen LogP contribution in [0, 0.1) is 0 Å². The van der Waals surface area contributed by atoms with Gasteiger partial charge < -0.3 is 15.1 Å². The average molecular weight is 376 g/mol. The van der Waals surface area contributed by atoms with Crippen LogP contribution in [0.4, 0.5) is 5.13 Å². The van der Waals surface area contributed by atoms with Crippen LogP contribution in [0.5, 0.6) is 0 Å². The molecule has 0 spiro atoms. The van der Waals surface area contributed by atoms with E-state index < -0.39 is 0 Å². The summed E-state index contributed by atoms with van der Waals surface area (Å²) in [5.41, 5.74) is 1.52. The molecule has 1 aromatic carbocycles. The van der Waals surface area contributed by atoms with Gasteiger partial charge in [-0.2, -0.15) is 0 Å². The number of rotatable bonds is 6. The zero-order valence-electron chi connectivity index (χ0n) is 13.0. The number of aromatic nitrogens is 1. The first-order valence-corrected chi connectivity index (χ1v) is 8.71. The Morgan fingerprint density at radius 2 is 2.04 bits per heavy atom. The van der Waals surface area contributed by atoms with Crippen molar-refractivity contribution in [2.45, 2.75) is 6.42 Å². The molecule has 8 heteroatoms. The topological polar surface area (TPSA) is 84.2 Å². The van der Waals surface area contributed by atoms with E-state index in [-0.39, 0.29) is 30.5 Å². The highest BCUT2D eigenvalue weighted by Gasteiger charge is 2.11. The maximum absolute atomic E-state index is 11.9. The van der Waals surface area contributed by atoms with Crippen LogP contribution in [-0.4, -0.2) is 23.3 Å². The molecule has 0 radical (unpaired) electrons. The predicted molar refractivity (Wildman–Crippen MR) is 96.8 cm³/mol. The second-order valence-corrected chi connectivity index (χ2v) is 6.31. The first-order valence-electron chi connectivity index (χ1n) is 7.45. The summed E-state index contributed by atoms with van der Waals surface area (Å²) in [4.78, 5) is 28.0. The zero-order valence-corrected chi connectivity index (χ0v) is 14.6. The fourth-order valence-electron chi connectivity index (χ4n) is 2.09. The van der Waals surface area contributed by atoms with Gasteiger partial charge in [-0.05, 0) is 18.2 Å². The quantitative estimate of drug-likeness (QED) is 0.686. The molecule has 0 unspecified atom stereocenters. The van der Waals surface area contributed by atoms with Crippen molar-refractivity contribution in [3.63, 3.8) is 0 Å². The molecule has 0 aliphatic heterocycles. The van der Waals surface area contributed by atoms with Crippen molar-refractivity contribution in [1.29, 1.82) is 0 Å². The molecular weight excluding hydrogens is 362 g/mol. The minimum absolute atomic E-state index is 0.132. The van der Waals surface area contributed by atoms with E-state index in [9.17, 15) is 9.59 Å². The van der Waals surface area contributed by atoms with Gasteiger partial charge in [0.25, 0.3) is 5.91 Å². The number of amides is 2. The molecule has 0 aliphatic carbocycles. The summed E-state index contributed by atoms with van der Waals surface area (Å²) in [5.74, 6) is -0.377. The van der Waals surface area contributed by atoms with Crippen LogP contribution in [0.1, 0.15) is 17.0 Å². The fourth-order valence-corrected chi connectivity index (χ4v) is 3.05. The minimum Gasteiger partial charge on any atom is -0.459 e. The Kier molecular flexibility index (Phi) is 5.47. The summed E-state index contributed by atoms with van der Waals surface area (Å²) >= 11 is 7.46. The summed E-state index contributed by atoms with van der Waals surface area (Å²) < 4.78 is 4.97. The monoisotopic (exact) mass is 375 g/mol. The number of benzene rings is 1. The van der Waals surface area contributed by atoms with Crippen molar-refractivity contribution in [3.8, 4) is 11.3 Å². The molecule has 2 amide bonds. The fraction of sp³-hybridized carbons (Fsp3) is 0.118. The van der Waals surface area contributed by atoms with Crippen LogP contribution in [0.3, 0.4) is 0 Å². The second kappa shape index (κ2) is 7.96. The molecule has 2 heterocycles. The molecule has 2 aromatic heterocycles. The average Bonchev–Trinajstić information content (AvgIpc) is 3.27. The van der Waals surface area contributed by atoms with Crippen molar-refractivity contribution in [2.24, 2.45) is 0 Å². The Balaban J connectivity index is 1.50. The van der Waals surface area contributed by atoms with Gasteiger partial charge in [0.05, 0.1) is 12.0 Å². The highest BCUT2D eigenvalue weighted by atomic mass is 35.5. The van der Waals surface area contributed by atoms with E-state index in [1.165, 1.54) is 17.6 Å². The molecule has 0 bridgehead atoms. The third kappa shape index (κ3) is 4.46. The van der Waals surface area contributed by atoms with Crippen molar-refractivity contribution in [1.82, 2.24) is 10.3 Å². The van der Waals surface area contributed by atoms with Gasteiger partial charge in [0.1, 0.15) is 0 Å². The van der Waals surface area contributed by atoms with Crippen molar-refractivity contribution < 1.29 is 14.0 Å². The van der Waals surface area contributed by atoms with Gasteiger partial charge in [-0.15, -0.1) is 11.3 Å². The Morgan fingerprint density at radius 3 is 2.80 bits per heavy atom. The maximum atomic E-state index is 11.9. The van der Waals surface area contributed by atoms with E-state index in [0.717, 1.165) is 5.56 Å². The third-order valence-electron chi connectivity index (χ3n) is 3.28. The van der Waals surface area contributed by atoms with Gasteiger partial charge in [0, 0.05) is 28.9 Å². The molecule has 2 N–H and O–H groups in total. The number of halogens is 1. The number of nitrogens with zero attached hydrogens (tertiary/aromatic N) is 1. The van der Waals surface area contributed by atoms with Gasteiger partial charge in [-0.25, -0.2) is 4.98 Å². The molecule has 128 valence electrons. The van der Waals surface area contributed by atoms with E-state index in [1.54, 1.807) is 18.2 Å². The first-order chi connectivity index (χ1) is 12.1. The van der Waals surface area contributed by atoms with Crippen LogP contribution in [0.2, 0.25) is 5.02 Å². The van der Waals surface area contributed by atoms with Crippen LogP contribution in [0.25, 0.3) is 11.3 Å². The number of carbonyl (C=O) groups excluding carboxylic acids is 2. The Hall–Kier alpha value is -2.64. The molecule has 3 aromatic rings. The van der Waals surface area contributed by atoms with Crippen LogP contribution >= 0.6 is 22.9 Å². The summed E-state index contributed by atoms with van der Waals surface area (Å²) in [6.45, 7) is 0.202. The number of thiazole rings is 1. The molecular formula is C17H14ClN3O3S. The lowest BCUT2D eigenvalue weighted by atomic mass is 10.2. The van der Waals surface area contributed by atoms with E-state index >= 15 is 0 Å². The highest BCUT2D eigenvalue weighted by Crippen LogP contribution is 2.30. The van der Waals surface area contributed by atoms with Gasteiger partial charge in [0.15, 0.2) is 10.9 Å². The molecule has 6 nitrogen and oxygen atoms in total. The number of hydrogen-bond acceptors (Lipinski definition) is 5. The number of anilines is 1. The summed E-state index contributed by atoms with van der Waals surface area (Å²) in [5, 5.41) is 8.24. The van der Waals surface area contributed by atoms with E-state index in [4.69, 9.17) is 16.0 Å². The van der Waals surface area contributed by atoms with Crippen LogP contribution < -0.4 is 10.6 Å². The zero-order chi connectivity index (χ0) is 17.6. The molecule has 0 saturated heterocycles. The van der Waals surface area contributed by atoms with E-state index in [2.05, 4.69) is 15.6 Å². The Labute approximate surface area is 152 Å². The van der Waals surface area contributed by atoms with Crippen LogP contribution in [-0.2, 0) is 4.79 Å².